The van der Waals surface area contributed by atoms with E-state index < -0.39 is 0 Å². The van der Waals surface area contributed by atoms with E-state index in [1.165, 1.54) is 19.3 Å². The molecule has 0 bridgehead atoms. The number of carbonyl (C=O) groups excluding carboxylic acids is 1. The minimum absolute atomic E-state index is 0.0860. The van der Waals surface area contributed by atoms with Gasteiger partial charge in [0.2, 0.25) is 5.91 Å². The highest BCUT2D eigenvalue weighted by Gasteiger charge is 2.35. The highest BCUT2D eigenvalue weighted by Crippen LogP contribution is 2.24. The fourth-order valence-corrected chi connectivity index (χ4v) is 3.46. The molecule has 0 aromatic heterocycles. The van der Waals surface area contributed by atoms with Crippen LogP contribution in [0.15, 0.2) is 24.3 Å². The van der Waals surface area contributed by atoms with Crippen molar-refractivity contribution in [1.82, 2.24) is 10.2 Å². The van der Waals surface area contributed by atoms with Crippen LogP contribution in [0.1, 0.15) is 39.0 Å². The predicted octanol–water partition coefficient (Wildman–Crippen LogP) is 2.60. The largest absolute Gasteiger partial charge is 0.497 e. The van der Waals surface area contributed by atoms with Crippen molar-refractivity contribution in [3.8, 4) is 11.5 Å². The number of hydrogen-bond acceptors (Lipinski definition) is 4. The Balaban J connectivity index is 1.42. The van der Waals surface area contributed by atoms with Crippen LogP contribution >= 0.6 is 0 Å². The smallest absolute Gasteiger partial charge is 0.237 e. The molecular weight excluding hydrogens is 304 g/mol. The van der Waals surface area contributed by atoms with Gasteiger partial charge in [0.25, 0.3) is 0 Å². The minimum Gasteiger partial charge on any atom is -0.497 e. The van der Waals surface area contributed by atoms with E-state index in [2.05, 4.69) is 10.2 Å². The predicted molar refractivity (Wildman–Crippen MR) is 93.5 cm³/mol. The Hall–Kier alpha value is -1.75. The van der Waals surface area contributed by atoms with E-state index >= 15 is 0 Å². The third-order valence-electron chi connectivity index (χ3n) is 5.10. The first-order valence-electron chi connectivity index (χ1n) is 9.01. The second-order valence-electron chi connectivity index (χ2n) is 6.89. The van der Waals surface area contributed by atoms with Gasteiger partial charge in [-0.2, -0.15) is 0 Å². The van der Waals surface area contributed by atoms with Gasteiger partial charge in [-0.25, -0.2) is 0 Å². The minimum atomic E-state index is -0.0860. The number of rotatable bonds is 6. The normalized spacial score (nSPS) is 20.9. The summed E-state index contributed by atoms with van der Waals surface area (Å²) in [5.74, 6) is 1.77. The van der Waals surface area contributed by atoms with Crippen LogP contribution < -0.4 is 14.8 Å². The van der Waals surface area contributed by atoms with Crippen LogP contribution in [-0.2, 0) is 4.79 Å². The summed E-state index contributed by atoms with van der Waals surface area (Å²) in [7, 11) is 1.65. The average Bonchev–Trinajstić information content (AvgIpc) is 2.58. The number of benzene rings is 1. The Morgan fingerprint density at radius 1 is 1.21 bits per heavy atom. The van der Waals surface area contributed by atoms with Crippen molar-refractivity contribution in [2.75, 3.05) is 20.2 Å². The van der Waals surface area contributed by atoms with E-state index in [0.29, 0.717) is 6.04 Å². The van der Waals surface area contributed by atoms with E-state index in [-0.39, 0.29) is 18.1 Å². The molecule has 1 N–H and O–H groups in total. The fourth-order valence-electron chi connectivity index (χ4n) is 3.46. The lowest BCUT2D eigenvalue weighted by atomic mass is 9.95. The van der Waals surface area contributed by atoms with Gasteiger partial charge in [0.05, 0.1) is 13.2 Å². The SMILES string of the molecule is COc1cccc(OC2CN([C@@H](C)C(=O)NC3CCCCC3)C2)c1. The van der Waals surface area contributed by atoms with Gasteiger partial charge in [0.1, 0.15) is 17.6 Å². The molecule has 1 aliphatic heterocycles. The van der Waals surface area contributed by atoms with E-state index in [4.69, 9.17) is 9.47 Å². The second kappa shape index (κ2) is 7.88. The number of nitrogens with zero attached hydrogens (tertiary/aromatic N) is 1. The number of ether oxygens (including phenoxy) is 2. The van der Waals surface area contributed by atoms with Crippen LogP contribution in [0, 0.1) is 0 Å². The summed E-state index contributed by atoms with van der Waals surface area (Å²) in [6.07, 6.45) is 6.16. The molecule has 0 spiro atoms. The van der Waals surface area contributed by atoms with Gasteiger partial charge in [0.15, 0.2) is 0 Å². The molecule has 132 valence electrons. The zero-order chi connectivity index (χ0) is 16.9. The summed E-state index contributed by atoms with van der Waals surface area (Å²) in [6.45, 7) is 3.56. The molecule has 3 rings (SSSR count). The molecule has 5 heteroatoms. The quantitative estimate of drug-likeness (QED) is 0.870. The molecule has 1 aromatic carbocycles. The van der Waals surface area contributed by atoms with Crippen molar-refractivity contribution in [1.29, 1.82) is 0 Å². The second-order valence-corrected chi connectivity index (χ2v) is 6.89. The molecule has 1 heterocycles. The van der Waals surface area contributed by atoms with Gasteiger partial charge < -0.3 is 14.8 Å². The number of carbonyl (C=O) groups is 1. The summed E-state index contributed by atoms with van der Waals surface area (Å²) in [5, 5.41) is 3.21. The lowest BCUT2D eigenvalue weighted by Crippen LogP contribution is -2.61. The Bertz CT molecular complexity index is 551. The monoisotopic (exact) mass is 332 g/mol. The number of amides is 1. The summed E-state index contributed by atoms with van der Waals surface area (Å²) in [6, 6.07) is 7.94. The maximum atomic E-state index is 12.4. The molecule has 0 unspecified atom stereocenters. The molecule has 1 atom stereocenters. The standard InChI is InChI=1S/C19H28N2O3/c1-14(19(22)20-15-7-4-3-5-8-15)21-12-18(13-21)24-17-10-6-9-16(11-17)23-2/h6,9-11,14-15,18H,3-5,7-8,12-13H2,1-2H3,(H,20,22)/t14-/m0/s1. The van der Waals surface area contributed by atoms with Gasteiger partial charge >= 0.3 is 0 Å². The molecule has 5 nitrogen and oxygen atoms in total. The molecule has 1 amide bonds. The fraction of sp³-hybridized carbons (Fsp3) is 0.632. The Kier molecular flexibility index (Phi) is 5.61. The van der Waals surface area contributed by atoms with Crippen molar-refractivity contribution in [3.05, 3.63) is 24.3 Å². The molecule has 1 saturated carbocycles. The highest BCUT2D eigenvalue weighted by molar-refractivity contribution is 5.81. The first-order valence-corrected chi connectivity index (χ1v) is 9.01. The zero-order valence-corrected chi connectivity index (χ0v) is 14.7. The van der Waals surface area contributed by atoms with Crippen molar-refractivity contribution in [2.24, 2.45) is 0 Å². The van der Waals surface area contributed by atoms with E-state index in [1.54, 1.807) is 7.11 Å². The third-order valence-corrected chi connectivity index (χ3v) is 5.10. The van der Waals surface area contributed by atoms with Crippen LogP contribution in [0.4, 0.5) is 0 Å². The van der Waals surface area contributed by atoms with Crippen molar-refractivity contribution in [3.63, 3.8) is 0 Å². The van der Waals surface area contributed by atoms with Gasteiger partial charge in [-0.05, 0) is 31.9 Å². The van der Waals surface area contributed by atoms with Crippen LogP contribution in [0.25, 0.3) is 0 Å². The summed E-state index contributed by atoms with van der Waals surface area (Å²) >= 11 is 0. The van der Waals surface area contributed by atoms with Crippen molar-refractivity contribution < 1.29 is 14.3 Å². The summed E-state index contributed by atoms with van der Waals surface area (Å²) < 4.78 is 11.2. The van der Waals surface area contributed by atoms with Crippen molar-refractivity contribution in [2.45, 2.75) is 57.2 Å². The summed E-state index contributed by atoms with van der Waals surface area (Å²) in [5.41, 5.74) is 0. The molecule has 0 radical (unpaired) electrons. The van der Waals surface area contributed by atoms with Gasteiger partial charge in [-0.1, -0.05) is 25.3 Å². The summed E-state index contributed by atoms with van der Waals surface area (Å²) in [4.78, 5) is 14.6. The molecule has 2 aliphatic rings. The van der Waals surface area contributed by atoms with Crippen LogP contribution in [0.3, 0.4) is 0 Å². The lowest BCUT2D eigenvalue weighted by molar-refractivity contribution is -0.130. The van der Waals surface area contributed by atoms with Crippen LogP contribution in [0.2, 0.25) is 0 Å². The van der Waals surface area contributed by atoms with Gasteiger partial charge in [-0.15, -0.1) is 0 Å². The first-order chi connectivity index (χ1) is 11.7. The molecule has 2 fully saturated rings. The Morgan fingerprint density at radius 3 is 2.62 bits per heavy atom. The van der Waals surface area contributed by atoms with Crippen molar-refractivity contribution >= 4 is 5.91 Å². The Labute approximate surface area is 144 Å². The number of likely N-dealkylation sites (tertiary alicyclic amines) is 1. The molecular formula is C19H28N2O3. The molecule has 1 aliphatic carbocycles. The Morgan fingerprint density at radius 2 is 1.92 bits per heavy atom. The lowest BCUT2D eigenvalue weighted by Gasteiger charge is -2.42. The maximum absolute atomic E-state index is 12.4. The van der Waals surface area contributed by atoms with E-state index in [1.807, 2.05) is 31.2 Å². The van der Waals surface area contributed by atoms with Crippen LogP contribution in [-0.4, -0.2) is 49.2 Å². The van der Waals surface area contributed by atoms with E-state index in [0.717, 1.165) is 37.4 Å². The van der Waals surface area contributed by atoms with E-state index in [9.17, 15) is 4.79 Å². The first kappa shape index (κ1) is 17.1. The third kappa shape index (κ3) is 4.20. The van der Waals surface area contributed by atoms with Gasteiger partial charge in [0, 0.05) is 25.2 Å². The van der Waals surface area contributed by atoms with Gasteiger partial charge in [-0.3, -0.25) is 9.69 Å². The molecule has 1 saturated heterocycles. The molecule has 1 aromatic rings. The molecule has 24 heavy (non-hydrogen) atoms. The van der Waals surface area contributed by atoms with Crippen LogP contribution in [0.5, 0.6) is 11.5 Å². The number of methoxy groups -OCH3 is 1. The highest BCUT2D eigenvalue weighted by atomic mass is 16.5. The topological polar surface area (TPSA) is 50.8 Å². The average molecular weight is 332 g/mol. The number of hydrogen-bond donors (Lipinski definition) is 1. The maximum Gasteiger partial charge on any atom is 0.237 e. The number of nitrogens with one attached hydrogen (secondary N) is 1. The zero-order valence-electron chi connectivity index (χ0n) is 14.7.